The van der Waals surface area contributed by atoms with E-state index >= 15 is 0 Å². The number of carbonyl (C=O) groups excluding carboxylic acids is 1. The highest BCUT2D eigenvalue weighted by Crippen LogP contribution is 2.34. The van der Waals surface area contributed by atoms with Crippen LogP contribution in [0.15, 0.2) is 12.1 Å². The van der Waals surface area contributed by atoms with Crippen LogP contribution in [0.25, 0.3) is 10.2 Å². The van der Waals surface area contributed by atoms with E-state index in [1.165, 1.54) is 11.3 Å². The van der Waals surface area contributed by atoms with Gasteiger partial charge in [0, 0.05) is 24.2 Å². The molecule has 0 bridgehead atoms. The molecule has 0 saturated carbocycles. The lowest BCUT2D eigenvalue weighted by molar-refractivity contribution is 0.0307. The Morgan fingerprint density at radius 2 is 2.10 bits per heavy atom. The highest BCUT2D eigenvalue weighted by Gasteiger charge is 2.24. The zero-order valence-corrected chi connectivity index (χ0v) is 13.1. The van der Waals surface area contributed by atoms with Crippen molar-refractivity contribution < 1.29 is 9.53 Å². The molecule has 1 amide bonds. The zero-order chi connectivity index (χ0) is 15.0. The lowest BCUT2D eigenvalue weighted by Crippen LogP contribution is -2.40. The van der Waals surface area contributed by atoms with E-state index in [1.54, 1.807) is 4.90 Å². The second-order valence-electron chi connectivity index (χ2n) is 5.49. The van der Waals surface area contributed by atoms with Gasteiger partial charge in [0.1, 0.15) is 9.71 Å². The van der Waals surface area contributed by atoms with Crippen LogP contribution >= 0.6 is 11.3 Å². The largest absolute Gasteiger partial charge is 0.397 e. The van der Waals surface area contributed by atoms with Crippen molar-refractivity contribution in [1.82, 2.24) is 9.88 Å². The standard InChI is InChI=1S/C15H19N3O2S/c1-9(2)11-4-3-10-12(16)13(21-14(10)17-11)15(19)18-5-7-20-8-6-18/h3-4,9H,5-8,16H2,1-2H3. The highest BCUT2D eigenvalue weighted by atomic mass is 32.1. The Morgan fingerprint density at radius 1 is 1.38 bits per heavy atom. The van der Waals surface area contributed by atoms with Gasteiger partial charge in [-0.25, -0.2) is 4.98 Å². The number of ether oxygens (including phenoxy) is 1. The Balaban J connectivity index is 1.98. The van der Waals surface area contributed by atoms with Crippen molar-refractivity contribution in [2.24, 2.45) is 0 Å². The number of hydrogen-bond acceptors (Lipinski definition) is 5. The van der Waals surface area contributed by atoms with Crippen molar-refractivity contribution in [3.05, 3.63) is 22.7 Å². The number of aromatic nitrogens is 1. The Hall–Kier alpha value is -1.66. The molecule has 5 nitrogen and oxygen atoms in total. The molecule has 3 heterocycles. The predicted octanol–water partition coefficient (Wildman–Crippen LogP) is 2.47. The number of carbonyl (C=O) groups is 1. The fraction of sp³-hybridized carbons (Fsp3) is 0.467. The summed E-state index contributed by atoms with van der Waals surface area (Å²) < 4.78 is 5.28. The van der Waals surface area contributed by atoms with Gasteiger partial charge in [0.25, 0.3) is 5.91 Å². The number of anilines is 1. The average Bonchev–Trinajstić information content (AvgIpc) is 2.84. The third-order valence-electron chi connectivity index (χ3n) is 3.70. The lowest BCUT2D eigenvalue weighted by atomic mass is 10.1. The summed E-state index contributed by atoms with van der Waals surface area (Å²) in [6.45, 7) is 6.63. The number of rotatable bonds is 2. The summed E-state index contributed by atoms with van der Waals surface area (Å²) in [4.78, 5) is 20.4. The third-order valence-corrected chi connectivity index (χ3v) is 4.80. The summed E-state index contributed by atoms with van der Waals surface area (Å²) in [5, 5.41) is 0.876. The molecule has 2 aromatic heterocycles. The van der Waals surface area contributed by atoms with Crippen LogP contribution in [-0.2, 0) is 4.74 Å². The van der Waals surface area contributed by atoms with Crippen molar-refractivity contribution in [2.75, 3.05) is 32.0 Å². The first-order valence-electron chi connectivity index (χ1n) is 7.14. The number of morpholine rings is 1. The minimum Gasteiger partial charge on any atom is -0.397 e. The molecule has 0 atom stereocenters. The minimum atomic E-state index is -0.00935. The van der Waals surface area contributed by atoms with Crippen LogP contribution in [0.5, 0.6) is 0 Å². The van der Waals surface area contributed by atoms with E-state index in [0.717, 1.165) is 15.9 Å². The molecule has 2 N–H and O–H groups in total. The molecule has 112 valence electrons. The molecular formula is C15H19N3O2S. The number of nitrogen functional groups attached to an aromatic ring is 1. The summed E-state index contributed by atoms with van der Waals surface area (Å²) in [6, 6.07) is 3.96. The first-order chi connectivity index (χ1) is 10.1. The zero-order valence-electron chi connectivity index (χ0n) is 12.3. The molecule has 0 aliphatic carbocycles. The fourth-order valence-electron chi connectivity index (χ4n) is 2.40. The summed E-state index contributed by atoms with van der Waals surface area (Å²) in [5.41, 5.74) is 7.74. The van der Waals surface area contributed by atoms with Crippen molar-refractivity contribution in [2.45, 2.75) is 19.8 Å². The quantitative estimate of drug-likeness (QED) is 0.925. The van der Waals surface area contributed by atoms with Crippen LogP contribution in [-0.4, -0.2) is 42.1 Å². The van der Waals surface area contributed by atoms with Gasteiger partial charge in [0.15, 0.2) is 0 Å². The number of amides is 1. The smallest absolute Gasteiger partial charge is 0.266 e. The fourth-order valence-corrected chi connectivity index (χ4v) is 3.47. The van der Waals surface area contributed by atoms with Crippen molar-refractivity contribution >= 4 is 33.1 Å². The summed E-state index contributed by atoms with van der Waals surface area (Å²) >= 11 is 1.39. The summed E-state index contributed by atoms with van der Waals surface area (Å²) in [6.07, 6.45) is 0. The van der Waals surface area contributed by atoms with Gasteiger partial charge in [0.2, 0.25) is 0 Å². The number of thiophene rings is 1. The molecule has 1 fully saturated rings. The Kier molecular flexibility index (Phi) is 3.82. The van der Waals surface area contributed by atoms with E-state index in [0.29, 0.717) is 42.8 Å². The van der Waals surface area contributed by atoms with Gasteiger partial charge >= 0.3 is 0 Å². The van der Waals surface area contributed by atoms with Crippen LogP contribution in [0, 0.1) is 0 Å². The number of hydrogen-bond donors (Lipinski definition) is 1. The SMILES string of the molecule is CC(C)c1ccc2c(N)c(C(=O)N3CCOCC3)sc2n1. The van der Waals surface area contributed by atoms with Crippen LogP contribution in [0.3, 0.4) is 0 Å². The molecule has 1 saturated heterocycles. The first kappa shape index (κ1) is 14.3. The Labute approximate surface area is 127 Å². The maximum atomic E-state index is 12.6. The van der Waals surface area contributed by atoms with Crippen molar-refractivity contribution in [3.63, 3.8) is 0 Å². The second kappa shape index (κ2) is 5.61. The highest BCUT2D eigenvalue weighted by molar-refractivity contribution is 7.21. The number of fused-ring (bicyclic) bond motifs is 1. The molecule has 2 aromatic rings. The molecule has 0 unspecified atom stereocenters. The molecule has 1 aliphatic heterocycles. The normalized spacial score (nSPS) is 15.9. The van der Waals surface area contributed by atoms with E-state index in [2.05, 4.69) is 18.8 Å². The number of pyridine rings is 1. The number of nitrogens with zero attached hydrogens (tertiary/aromatic N) is 2. The van der Waals surface area contributed by atoms with Crippen molar-refractivity contribution in [1.29, 1.82) is 0 Å². The summed E-state index contributed by atoms with van der Waals surface area (Å²) in [5.74, 6) is 0.348. The Morgan fingerprint density at radius 3 is 2.76 bits per heavy atom. The molecule has 0 aromatic carbocycles. The van der Waals surface area contributed by atoms with Crippen LogP contribution < -0.4 is 5.73 Å². The maximum Gasteiger partial charge on any atom is 0.266 e. The molecule has 3 rings (SSSR count). The van der Waals surface area contributed by atoms with Gasteiger partial charge in [-0.15, -0.1) is 11.3 Å². The average molecular weight is 305 g/mol. The topological polar surface area (TPSA) is 68.5 Å². The van der Waals surface area contributed by atoms with E-state index in [9.17, 15) is 4.79 Å². The second-order valence-corrected chi connectivity index (χ2v) is 6.49. The maximum absolute atomic E-state index is 12.6. The monoisotopic (exact) mass is 305 g/mol. The van der Waals surface area contributed by atoms with Gasteiger partial charge in [-0.05, 0) is 18.1 Å². The molecule has 21 heavy (non-hydrogen) atoms. The van der Waals surface area contributed by atoms with Crippen molar-refractivity contribution in [3.8, 4) is 0 Å². The number of nitrogens with two attached hydrogens (primary N) is 1. The van der Waals surface area contributed by atoms with Gasteiger partial charge in [-0.2, -0.15) is 0 Å². The van der Waals surface area contributed by atoms with E-state index in [4.69, 9.17) is 10.5 Å². The molecule has 6 heteroatoms. The summed E-state index contributed by atoms with van der Waals surface area (Å²) in [7, 11) is 0. The van der Waals surface area contributed by atoms with Gasteiger partial charge < -0.3 is 15.4 Å². The molecule has 0 radical (unpaired) electrons. The first-order valence-corrected chi connectivity index (χ1v) is 7.95. The Bertz CT molecular complexity index is 675. The van der Waals surface area contributed by atoms with Crippen LogP contribution in [0.1, 0.15) is 35.1 Å². The lowest BCUT2D eigenvalue weighted by Gasteiger charge is -2.26. The van der Waals surface area contributed by atoms with E-state index in [-0.39, 0.29) is 5.91 Å². The van der Waals surface area contributed by atoms with E-state index in [1.807, 2.05) is 12.1 Å². The predicted molar refractivity (Wildman–Crippen MR) is 84.8 cm³/mol. The van der Waals surface area contributed by atoms with Gasteiger partial charge in [0.05, 0.1) is 18.9 Å². The third kappa shape index (κ3) is 2.61. The molecule has 1 aliphatic rings. The molecule has 0 spiro atoms. The van der Waals surface area contributed by atoms with Gasteiger partial charge in [-0.1, -0.05) is 13.8 Å². The van der Waals surface area contributed by atoms with E-state index < -0.39 is 0 Å². The minimum absolute atomic E-state index is 0.00935. The van der Waals surface area contributed by atoms with Crippen LogP contribution in [0.2, 0.25) is 0 Å². The van der Waals surface area contributed by atoms with Crippen LogP contribution in [0.4, 0.5) is 5.69 Å². The molecular weight excluding hydrogens is 286 g/mol. The van der Waals surface area contributed by atoms with Gasteiger partial charge in [-0.3, -0.25) is 4.79 Å².